The Bertz CT molecular complexity index is 1600. The maximum Gasteiger partial charge on any atom is 0.407 e. The van der Waals surface area contributed by atoms with E-state index in [1.807, 2.05) is 48.5 Å². The lowest BCUT2D eigenvalue weighted by Gasteiger charge is -2.15. The summed E-state index contributed by atoms with van der Waals surface area (Å²) in [6.45, 7) is 0.485. The van der Waals surface area contributed by atoms with Gasteiger partial charge in [-0.2, -0.15) is 0 Å². The van der Waals surface area contributed by atoms with Crippen molar-refractivity contribution in [1.82, 2.24) is 10.4 Å². The average molecular weight is 547 g/mol. The summed E-state index contributed by atoms with van der Waals surface area (Å²) in [4.78, 5) is 54.8. The first kappa shape index (κ1) is 26.0. The van der Waals surface area contributed by atoms with Crippen LogP contribution in [0.1, 0.15) is 55.3 Å². The molecule has 8 heteroatoms. The van der Waals surface area contributed by atoms with Crippen LogP contribution in [0.4, 0.5) is 4.79 Å². The normalized spacial score (nSPS) is 13.4. The number of carbonyl (C=O) groups excluding carboxylic acids is 4. The van der Waals surface area contributed by atoms with E-state index in [0.717, 1.165) is 22.3 Å². The summed E-state index contributed by atoms with van der Waals surface area (Å²) in [6, 6.07) is 30.1. The van der Waals surface area contributed by atoms with Crippen molar-refractivity contribution in [3.63, 3.8) is 0 Å². The van der Waals surface area contributed by atoms with Crippen LogP contribution in [0, 0.1) is 0 Å². The number of aryl methyl sites for hydroxylation is 1. The zero-order valence-corrected chi connectivity index (χ0v) is 22.0. The molecule has 0 saturated carbocycles. The lowest BCUT2D eigenvalue weighted by Crippen LogP contribution is -2.32. The molecule has 1 aliphatic carbocycles. The Morgan fingerprint density at radius 1 is 0.707 bits per heavy atom. The van der Waals surface area contributed by atoms with Crippen LogP contribution in [0.25, 0.3) is 11.1 Å². The Morgan fingerprint density at radius 3 is 1.90 bits per heavy atom. The molecule has 204 valence electrons. The van der Waals surface area contributed by atoms with Crippen LogP contribution in [0.3, 0.4) is 0 Å². The van der Waals surface area contributed by atoms with Gasteiger partial charge in [0.05, 0.1) is 17.5 Å². The molecule has 0 atom stereocenters. The van der Waals surface area contributed by atoms with Crippen LogP contribution < -0.4 is 5.32 Å². The molecular formula is C33H26N2O6. The largest absolute Gasteiger partial charge is 0.449 e. The van der Waals surface area contributed by atoms with Crippen molar-refractivity contribution in [1.29, 1.82) is 0 Å². The number of alkyl carbamates (subject to hydrolysis) is 1. The fraction of sp³-hybridized carbons (Fsp3) is 0.152. The van der Waals surface area contributed by atoms with E-state index in [-0.39, 0.29) is 36.6 Å². The van der Waals surface area contributed by atoms with Crippen LogP contribution in [0.5, 0.6) is 0 Å². The molecule has 1 N–H and O–H groups in total. The predicted molar refractivity (Wildman–Crippen MR) is 150 cm³/mol. The SMILES string of the molecule is O=C(CCc1cccc(CNC(=O)OCC2c3ccccc3-c3ccccc32)c1)ON1C(=O)c2ccccc2C1=O. The fourth-order valence-electron chi connectivity index (χ4n) is 5.36. The highest BCUT2D eigenvalue weighted by atomic mass is 16.7. The van der Waals surface area contributed by atoms with E-state index >= 15 is 0 Å². The number of benzene rings is 4. The first-order valence-electron chi connectivity index (χ1n) is 13.3. The number of ether oxygens (including phenoxy) is 1. The molecule has 0 bridgehead atoms. The van der Waals surface area contributed by atoms with Gasteiger partial charge in [0.25, 0.3) is 11.8 Å². The van der Waals surface area contributed by atoms with Crippen molar-refractivity contribution in [2.24, 2.45) is 0 Å². The molecule has 4 aromatic rings. The molecule has 0 saturated heterocycles. The minimum atomic E-state index is -0.693. The topological polar surface area (TPSA) is 102 Å². The number of hydrogen-bond acceptors (Lipinski definition) is 6. The Hall–Kier alpha value is -5.24. The summed E-state index contributed by atoms with van der Waals surface area (Å²) in [5.41, 5.74) is 6.74. The van der Waals surface area contributed by atoms with Crippen molar-refractivity contribution >= 4 is 23.9 Å². The summed E-state index contributed by atoms with van der Waals surface area (Å²) in [6.07, 6.45) is -0.209. The minimum Gasteiger partial charge on any atom is -0.449 e. The highest BCUT2D eigenvalue weighted by Crippen LogP contribution is 2.44. The molecule has 1 heterocycles. The molecule has 4 aromatic carbocycles. The second-order valence-corrected chi connectivity index (χ2v) is 9.91. The number of hydroxylamine groups is 2. The van der Waals surface area contributed by atoms with Crippen molar-refractivity contribution < 1.29 is 28.8 Å². The molecule has 3 amide bonds. The van der Waals surface area contributed by atoms with E-state index in [9.17, 15) is 19.2 Å². The second-order valence-electron chi connectivity index (χ2n) is 9.91. The standard InChI is InChI=1S/C33H26N2O6/c36-30(41-35-31(37)27-14-5-6-15-28(27)32(35)38)17-16-21-8-7-9-22(18-21)19-34-33(39)40-20-29-25-12-3-1-10-23(25)24-11-2-4-13-26(24)29/h1-15,18,29H,16-17,19-20H2,(H,34,39). The van der Waals surface area contributed by atoms with Crippen LogP contribution in [0.15, 0.2) is 97.1 Å². The van der Waals surface area contributed by atoms with Crippen molar-refractivity contribution in [2.75, 3.05) is 6.61 Å². The summed E-state index contributed by atoms with van der Waals surface area (Å²) >= 11 is 0. The molecule has 0 aromatic heterocycles. The van der Waals surface area contributed by atoms with Gasteiger partial charge in [-0.15, -0.1) is 0 Å². The molecule has 0 unspecified atom stereocenters. The van der Waals surface area contributed by atoms with Gasteiger partial charge in [-0.1, -0.05) is 90.0 Å². The number of nitrogens with zero attached hydrogens (tertiary/aromatic N) is 1. The van der Waals surface area contributed by atoms with Crippen molar-refractivity contribution in [2.45, 2.75) is 25.3 Å². The summed E-state index contributed by atoms with van der Waals surface area (Å²) in [5.74, 6) is -2.02. The average Bonchev–Trinajstić information content (AvgIpc) is 3.45. The van der Waals surface area contributed by atoms with E-state index in [1.54, 1.807) is 12.1 Å². The molecule has 8 nitrogen and oxygen atoms in total. The highest BCUT2D eigenvalue weighted by molar-refractivity contribution is 6.20. The summed E-state index contributed by atoms with van der Waals surface area (Å²) < 4.78 is 5.60. The first-order valence-corrected chi connectivity index (χ1v) is 13.3. The van der Waals surface area contributed by atoms with E-state index in [4.69, 9.17) is 9.57 Å². The van der Waals surface area contributed by atoms with Crippen molar-refractivity contribution in [3.8, 4) is 11.1 Å². The van der Waals surface area contributed by atoms with Crippen LogP contribution in [-0.4, -0.2) is 35.5 Å². The van der Waals surface area contributed by atoms with Gasteiger partial charge in [0.15, 0.2) is 0 Å². The quantitative estimate of drug-likeness (QED) is 0.297. The minimum absolute atomic E-state index is 0.0171. The maximum absolute atomic E-state index is 12.5. The van der Waals surface area contributed by atoms with Crippen LogP contribution in [0.2, 0.25) is 0 Å². The Balaban J connectivity index is 0.989. The zero-order valence-electron chi connectivity index (χ0n) is 22.0. The number of imide groups is 1. The van der Waals surface area contributed by atoms with Gasteiger partial charge < -0.3 is 14.9 Å². The molecule has 0 radical (unpaired) electrons. The third-order valence-corrected chi connectivity index (χ3v) is 7.34. The van der Waals surface area contributed by atoms with E-state index in [1.165, 1.54) is 23.3 Å². The highest BCUT2D eigenvalue weighted by Gasteiger charge is 2.38. The first-order chi connectivity index (χ1) is 20.0. The van der Waals surface area contributed by atoms with E-state index in [0.29, 0.717) is 11.5 Å². The third-order valence-electron chi connectivity index (χ3n) is 7.34. The predicted octanol–water partition coefficient (Wildman–Crippen LogP) is 5.41. The Kier molecular flexibility index (Phi) is 7.04. The summed E-state index contributed by atoms with van der Waals surface area (Å²) in [5, 5.41) is 3.31. The van der Waals surface area contributed by atoms with Gasteiger partial charge in [0.2, 0.25) is 0 Å². The lowest BCUT2D eigenvalue weighted by atomic mass is 9.98. The fourth-order valence-corrected chi connectivity index (χ4v) is 5.36. The molecule has 0 fully saturated rings. The Morgan fingerprint density at radius 2 is 1.27 bits per heavy atom. The van der Waals surface area contributed by atoms with Gasteiger partial charge in [0, 0.05) is 12.5 Å². The van der Waals surface area contributed by atoms with E-state index < -0.39 is 23.9 Å². The number of rotatable bonds is 8. The molecule has 1 aliphatic heterocycles. The molecule has 41 heavy (non-hydrogen) atoms. The smallest absolute Gasteiger partial charge is 0.407 e. The summed E-state index contributed by atoms with van der Waals surface area (Å²) in [7, 11) is 0. The molecule has 0 spiro atoms. The van der Waals surface area contributed by atoms with Gasteiger partial charge >= 0.3 is 12.1 Å². The monoisotopic (exact) mass is 546 g/mol. The molecule has 6 rings (SSSR count). The van der Waals surface area contributed by atoms with Gasteiger partial charge in [-0.3, -0.25) is 9.59 Å². The van der Waals surface area contributed by atoms with Crippen LogP contribution >= 0.6 is 0 Å². The van der Waals surface area contributed by atoms with E-state index in [2.05, 4.69) is 29.6 Å². The Labute approximate surface area is 236 Å². The van der Waals surface area contributed by atoms with Gasteiger partial charge in [-0.25, -0.2) is 9.59 Å². The van der Waals surface area contributed by atoms with Gasteiger partial charge in [0.1, 0.15) is 6.61 Å². The number of nitrogens with one attached hydrogen (secondary N) is 1. The number of amides is 3. The molecular weight excluding hydrogens is 520 g/mol. The number of carbonyl (C=O) groups is 4. The second kappa shape index (κ2) is 11.1. The number of fused-ring (bicyclic) bond motifs is 4. The zero-order chi connectivity index (χ0) is 28.3. The van der Waals surface area contributed by atoms with Crippen LogP contribution in [-0.2, 0) is 27.3 Å². The third kappa shape index (κ3) is 5.19. The van der Waals surface area contributed by atoms with Gasteiger partial charge in [-0.05, 0) is 51.9 Å². The van der Waals surface area contributed by atoms with Crippen molar-refractivity contribution in [3.05, 3.63) is 130 Å². The lowest BCUT2D eigenvalue weighted by molar-refractivity contribution is -0.168. The number of hydrogen-bond donors (Lipinski definition) is 1. The molecule has 2 aliphatic rings. The maximum atomic E-state index is 12.5.